The van der Waals surface area contributed by atoms with E-state index in [2.05, 4.69) is 19.6 Å². The van der Waals surface area contributed by atoms with E-state index in [1.54, 1.807) is 18.2 Å². The van der Waals surface area contributed by atoms with E-state index in [1.165, 1.54) is 23.2 Å². The Labute approximate surface area is 185 Å². The van der Waals surface area contributed by atoms with Crippen molar-refractivity contribution in [2.75, 3.05) is 26.3 Å². The number of aromatic amines is 1. The lowest BCUT2D eigenvalue weighted by molar-refractivity contribution is 0.0145. The maximum Gasteiger partial charge on any atom is 0.439 e. The van der Waals surface area contributed by atoms with E-state index in [1.807, 2.05) is 0 Å². The third kappa shape index (κ3) is 4.89. The SMILES string of the molecule is O=C(O)N1CCO[C@@H](c2ccc(Cl)c(F)c2)[C@H](COc2ccc(-c3noc(=O)[nH]3)cn2)C1. The van der Waals surface area contributed by atoms with Gasteiger partial charge >= 0.3 is 11.8 Å². The largest absolute Gasteiger partial charge is 0.477 e. The van der Waals surface area contributed by atoms with Crippen molar-refractivity contribution in [3.05, 3.63) is 63.5 Å². The summed E-state index contributed by atoms with van der Waals surface area (Å²) < 4.78 is 30.2. The lowest BCUT2D eigenvalue weighted by Gasteiger charge is -2.27. The lowest BCUT2D eigenvalue weighted by atomic mass is 9.95. The molecule has 168 valence electrons. The summed E-state index contributed by atoms with van der Waals surface area (Å²) in [5, 5.41) is 13.0. The van der Waals surface area contributed by atoms with Gasteiger partial charge in [-0.2, -0.15) is 0 Å². The molecule has 10 nitrogen and oxygen atoms in total. The fourth-order valence-electron chi connectivity index (χ4n) is 3.42. The zero-order chi connectivity index (χ0) is 22.7. The topological polar surface area (TPSA) is 131 Å². The number of aromatic nitrogens is 3. The Morgan fingerprint density at radius 2 is 2.22 bits per heavy atom. The molecule has 0 saturated carbocycles. The maximum atomic E-state index is 14.0. The molecule has 2 atom stereocenters. The summed E-state index contributed by atoms with van der Waals surface area (Å²) >= 11 is 5.79. The summed E-state index contributed by atoms with van der Waals surface area (Å²) in [7, 11) is 0. The number of carboxylic acid groups (broad SMARTS) is 1. The number of pyridine rings is 1. The van der Waals surface area contributed by atoms with E-state index in [-0.39, 0.29) is 43.0 Å². The van der Waals surface area contributed by atoms with Gasteiger partial charge in [-0.05, 0) is 23.8 Å². The van der Waals surface area contributed by atoms with Gasteiger partial charge in [0.05, 0.1) is 24.3 Å². The van der Waals surface area contributed by atoms with Crippen LogP contribution in [0.3, 0.4) is 0 Å². The number of ether oxygens (including phenoxy) is 2. The molecule has 0 bridgehead atoms. The summed E-state index contributed by atoms with van der Waals surface area (Å²) in [6, 6.07) is 7.57. The predicted molar refractivity (Wildman–Crippen MR) is 109 cm³/mol. The molecule has 0 radical (unpaired) electrons. The minimum atomic E-state index is -1.08. The molecule has 1 saturated heterocycles. The van der Waals surface area contributed by atoms with Crippen molar-refractivity contribution in [1.29, 1.82) is 0 Å². The first kappa shape index (κ1) is 21.8. The highest BCUT2D eigenvalue weighted by Gasteiger charge is 2.32. The molecule has 3 aromatic rings. The van der Waals surface area contributed by atoms with Crippen LogP contribution in [0, 0.1) is 11.7 Å². The van der Waals surface area contributed by atoms with Crippen LogP contribution in [0.25, 0.3) is 11.4 Å². The molecule has 1 amide bonds. The van der Waals surface area contributed by atoms with E-state index in [4.69, 9.17) is 21.1 Å². The van der Waals surface area contributed by atoms with Crippen LogP contribution in [0.1, 0.15) is 11.7 Å². The molecule has 1 aliphatic heterocycles. The monoisotopic (exact) mass is 464 g/mol. The van der Waals surface area contributed by atoms with Gasteiger partial charge in [0.15, 0.2) is 5.82 Å². The summed E-state index contributed by atoms with van der Waals surface area (Å²) in [5.41, 5.74) is 1.05. The zero-order valence-electron chi connectivity index (χ0n) is 16.5. The van der Waals surface area contributed by atoms with Gasteiger partial charge < -0.3 is 19.5 Å². The smallest absolute Gasteiger partial charge is 0.439 e. The molecule has 32 heavy (non-hydrogen) atoms. The average molecular weight is 465 g/mol. The average Bonchev–Trinajstić information content (AvgIpc) is 3.09. The second-order valence-electron chi connectivity index (χ2n) is 7.09. The minimum absolute atomic E-state index is 0.0138. The van der Waals surface area contributed by atoms with Crippen molar-refractivity contribution in [2.24, 2.45) is 5.92 Å². The van der Waals surface area contributed by atoms with Crippen LogP contribution in [0.15, 0.2) is 45.8 Å². The number of rotatable bonds is 5. The summed E-state index contributed by atoms with van der Waals surface area (Å²) in [6.07, 6.45) is -0.237. The van der Waals surface area contributed by atoms with Gasteiger partial charge in [0.2, 0.25) is 5.88 Å². The number of carbonyl (C=O) groups is 1. The molecule has 12 heteroatoms. The predicted octanol–water partition coefficient (Wildman–Crippen LogP) is 2.96. The molecule has 2 N–H and O–H groups in total. The molecule has 1 fully saturated rings. The second-order valence-corrected chi connectivity index (χ2v) is 7.50. The molecule has 2 aromatic heterocycles. The molecule has 0 aliphatic carbocycles. The molecule has 3 heterocycles. The Morgan fingerprint density at radius 3 is 2.88 bits per heavy atom. The number of benzene rings is 1. The number of hydrogen-bond acceptors (Lipinski definition) is 7. The number of amides is 1. The normalized spacial score (nSPS) is 18.9. The third-order valence-electron chi connectivity index (χ3n) is 4.98. The van der Waals surface area contributed by atoms with E-state index < -0.39 is 29.7 Å². The second kappa shape index (κ2) is 9.37. The maximum absolute atomic E-state index is 14.0. The Morgan fingerprint density at radius 1 is 1.38 bits per heavy atom. The van der Waals surface area contributed by atoms with E-state index in [9.17, 15) is 19.1 Å². The van der Waals surface area contributed by atoms with Crippen molar-refractivity contribution < 1.29 is 28.3 Å². The summed E-state index contributed by atoms with van der Waals surface area (Å²) in [6.45, 7) is 0.524. The number of nitrogens with zero attached hydrogens (tertiary/aromatic N) is 3. The Hall–Kier alpha value is -3.44. The first-order valence-corrected chi connectivity index (χ1v) is 9.98. The van der Waals surface area contributed by atoms with Gasteiger partial charge in [0.25, 0.3) is 0 Å². The van der Waals surface area contributed by atoms with Crippen molar-refractivity contribution >= 4 is 17.7 Å². The van der Waals surface area contributed by atoms with Crippen molar-refractivity contribution in [3.8, 4) is 17.3 Å². The highest BCUT2D eigenvalue weighted by Crippen LogP contribution is 2.32. The molecule has 0 spiro atoms. The standard InChI is InChI=1S/C20H18ClFN4O6/c21-14-3-1-11(7-15(14)22)17-13(9-26(20(28)29)5-6-30-17)10-31-16-4-2-12(8-23-16)18-24-19(27)32-25-18/h1-4,7-8,13,17H,5-6,9-10H2,(H,28,29)(H,24,25,27)/t13-,17-/m0/s1. The number of hydrogen-bond donors (Lipinski definition) is 2. The number of halogens is 2. The molecule has 1 aliphatic rings. The van der Waals surface area contributed by atoms with Gasteiger partial charge in [0, 0.05) is 36.8 Å². The van der Waals surface area contributed by atoms with E-state index in [0.29, 0.717) is 11.1 Å². The van der Waals surface area contributed by atoms with Crippen molar-refractivity contribution in [2.45, 2.75) is 6.10 Å². The third-order valence-corrected chi connectivity index (χ3v) is 5.29. The molecule has 1 aromatic carbocycles. The van der Waals surface area contributed by atoms with E-state index in [0.717, 1.165) is 0 Å². The van der Waals surface area contributed by atoms with Crippen LogP contribution in [-0.2, 0) is 4.74 Å². The Kier molecular flexibility index (Phi) is 6.37. The quantitative estimate of drug-likeness (QED) is 0.589. The van der Waals surface area contributed by atoms with Crippen LogP contribution in [-0.4, -0.2) is 57.5 Å². The highest BCUT2D eigenvalue weighted by atomic mass is 35.5. The van der Waals surface area contributed by atoms with Crippen molar-refractivity contribution in [1.82, 2.24) is 20.0 Å². The van der Waals surface area contributed by atoms with Crippen LogP contribution in [0.4, 0.5) is 9.18 Å². The molecule has 0 unspecified atom stereocenters. The van der Waals surface area contributed by atoms with Gasteiger partial charge in [-0.3, -0.25) is 9.51 Å². The highest BCUT2D eigenvalue weighted by molar-refractivity contribution is 6.30. The molecular formula is C20H18ClFN4O6. The Balaban J connectivity index is 1.52. The van der Waals surface area contributed by atoms with Gasteiger partial charge in [0.1, 0.15) is 5.82 Å². The van der Waals surface area contributed by atoms with Crippen LogP contribution in [0.5, 0.6) is 5.88 Å². The fraction of sp³-hybridized carbons (Fsp3) is 0.300. The summed E-state index contributed by atoms with van der Waals surface area (Å²) in [5.74, 6) is -1.21. The minimum Gasteiger partial charge on any atom is -0.477 e. The Bertz CT molecular complexity index is 1150. The van der Waals surface area contributed by atoms with Gasteiger partial charge in [-0.1, -0.05) is 22.8 Å². The first-order chi connectivity index (χ1) is 15.4. The van der Waals surface area contributed by atoms with E-state index >= 15 is 0 Å². The van der Waals surface area contributed by atoms with Crippen molar-refractivity contribution in [3.63, 3.8) is 0 Å². The van der Waals surface area contributed by atoms with Crippen LogP contribution < -0.4 is 10.5 Å². The first-order valence-electron chi connectivity index (χ1n) is 9.60. The number of H-pyrrole nitrogens is 1. The lowest BCUT2D eigenvalue weighted by Crippen LogP contribution is -2.37. The van der Waals surface area contributed by atoms with Crippen LogP contribution in [0.2, 0.25) is 5.02 Å². The fourth-order valence-corrected chi connectivity index (χ4v) is 3.54. The summed E-state index contributed by atoms with van der Waals surface area (Å²) in [4.78, 5) is 30.5. The van der Waals surface area contributed by atoms with Gasteiger partial charge in [-0.25, -0.2) is 19.0 Å². The van der Waals surface area contributed by atoms with Gasteiger partial charge in [-0.15, -0.1) is 0 Å². The zero-order valence-corrected chi connectivity index (χ0v) is 17.3. The van der Waals surface area contributed by atoms with Crippen LogP contribution >= 0.6 is 11.6 Å². The molecule has 4 rings (SSSR count). The number of nitrogens with one attached hydrogen (secondary N) is 1. The molecular weight excluding hydrogens is 447 g/mol.